The molecule has 13 heavy (non-hydrogen) atoms. The normalized spacial score (nSPS) is 11.1. The number of rotatable bonds is 2. The summed E-state index contributed by atoms with van der Waals surface area (Å²) in [6, 6.07) is 1.81. The summed E-state index contributed by atoms with van der Waals surface area (Å²) >= 11 is 0. The molecule has 0 spiro atoms. The molecule has 0 saturated heterocycles. The van der Waals surface area contributed by atoms with Gasteiger partial charge in [0.25, 0.3) is 0 Å². The van der Waals surface area contributed by atoms with Crippen molar-refractivity contribution in [1.29, 1.82) is 0 Å². The maximum atomic E-state index is 10.1. The van der Waals surface area contributed by atoms with Crippen LogP contribution >= 0.6 is 0 Å². The Morgan fingerprint density at radius 2 is 2.31 bits per heavy atom. The minimum absolute atomic E-state index is 0.632. The van der Waals surface area contributed by atoms with Crippen molar-refractivity contribution < 1.29 is 4.79 Å². The van der Waals surface area contributed by atoms with E-state index in [9.17, 15) is 4.79 Å². The monoisotopic (exact) mass is 173 g/mol. The predicted octanol–water partition coefficient (Wildman–Crippen LogP) is 0.941. The van der Waals surface area contributed by atoms with Gasteiger partial charge >= 0.3 is 0 Å². The van der Waals surface area contributed by atoms with Gasteiger partial charge in [-0.15, -0.1) is 0 Å². The maximum Gasteiger partial charge on any atom is 0.234 e. The molecule has 0 aliphatic carbocycles. The molecule has 2 heterocycles. The van der Waals surface area contributed by atoms with Gasteiger partial charge in [0.15, 0.2) is 0 Å². The van der Waals surface area contributed by atoms with Crippen LogP contribution in [0.1, 0.15) is 5.69 Å². The highest BCUT2D eigenvalue weighted by molar-refractivity contribution is 5.73. The van der Waals surface area contributed by atoms with Crippen LogP contribution in [0.25, 0.3) is 11.9 Å². The summed E-state index contributed by atoms with van der Waals surface area (Å²) < 4.78 is 1.81. The zero-order valence-corrected chi connectivity index (χ0v) is 6.79. The number of carbonyl (C=O) groups excluding carboxylic acids is 1. The van der Waals surface area contributed by atoms with Crippen molar-refractivity contribution in [1.82, 2.24) is 14.4 Å². The van der Waals surface area contributed by atoms with Crippen molar-refractivity contribution >= 4 is 18.1 Å². The summed E-state index contributed by atoms with van der Waals surface area (Å²) in [4.78, 5) is 18.2. The van der Waals surface area contributed by atoms with E-state index in [1.165, 1.54) is 6.08 Å². The topological polar surface area (TPSA) is 47.3 Å². The standard InChI is InChI=1S/C9H7N3O/c13-6-1-3-8-7-11-9-10-4-2-5-12(8)9/h1-7H/b3-1+. The fourth-order valence-corrected chi connectivity index (χ4v) is 1.11. The van der Waals surface area contributed by atoms with Gasteiger partial charge in [-0.3, -0.25) is 9.20 Å². The second-order valence-corrected chi connectivity index (χ2v) is 2.47. The van der Waals surface area contributed by atoms with Crippen LogP contribution in [0.2, 0.25) is 0 Å². The first-order valence-electron chi connectivity index (χ1n) is 3.82. The van der Waals surface area contributed by atoms with E-state index in [4.69, 9.17) is 0 Å². The third-order valence-corrected chi connectivity index (χ3v) is 1.66. The minimum Gasteiger partial charge on any atom is -0.299 e. The lowest BCUT2D eigenvalue weighted by atomic mass is 10.4. The molecule has 4 heteroatoms. The quantitative estimate of drug-likeness (QED) is 0.501. The lowest BCUT2D eigenvalue weighted by molar-refractivity contribution is -0.104. The van der Waals surface area contributed by atoms with E-state index in [0.717, 1.165) is 12.0 Å². The van der Waals surface area contributed by atoms with Crippen LogP contribution < -0.4 is 0 Å². The predicted molar refractivity (Wildman–Crippen MR) is 48.1 cm³/mol. The number of aromatic nitrogens is 3. The van der Waals surface area contributed by atoms with Gasteiger partial charge in [-0.05, 0) is 18.2 Å². The fourth-order valence-electron chi connectivity index (χ4n) is 1.11. The van der Waals surface area contributed by atoms with Crippen molar-refractivity contribution in [3.05, 3.63) is 36.4 Å². The molecule has 64 valence electrons. The van der Waals surface area contributed by atoms with Crippen LogP contribution in [0.5, 0.6) is 0 Å². The Balaban J connectivity index is 2.57. The summed E-state index contributed by atoms with van der Waals surface area (Å²) in [5, 5.41) is 0. The first-order valence-corrected chi connectivity index (χ1v) is 3.82. The van der Waals surface area contributed by atoms with Crippen LogP contribution in [-0.2, 0) is 4.79 Å². The summed E-state index contributed by atoms with van der Waals surface area (Å²) in [5.41, 5.74) is 0.843. The molecule has 0 fully saturated rings. The second kappa shape index (κ2) is 3.18. The summed E-state index contributed by atoms with van der Waals surface area (Å²) in [5.74, 6) is 0.632. The lowest BCUT2D eigenvalue weighted by Crippen LogP contribution is -1.87. The Kier molecular flexibility index (Phi) is 1.88. The Labute approximate surface area is 74.6 Å². The van der Waals surface area contributed by atoms with E-state index in [1.54, 1.807) is 22.9 Å². The molecule has 0 aliphatic rings. The zero-order chi connectivity index (χ0) is 9.10. The molecule has 0 saturated carbocycles. The molecule has 2 aromatic heterocycles. The van der Waals surface area contributed by atoms with E-state index in [1.807, 2.05) is 12.3 Å². The highest BCUT2D eigenvalue weighted by Crippen LogP contribution is 2.04. The van der Waals surface area contributed by atoms with Crippen LogP contribution in [0, 0.1) is 0 Å². The molecule has 0 atom stereocenters. The minimum atomic E-state index is 0.632. The second-order valence-electron chi connectivity index (χ2n) is 2.47. The molecular formula is C9H7N3O. The average Bonchev–Trinajstić information content (AvgIpc) is 2.58. The molecule has 0 unspecified atom stereocenters. The average molecular weight is 173 g/mol. The van der Waals surface area contributed by atoms with Crippen LogP contribution in [-0.4, -0.2) is 20.7 Å². The Morgan fingerprint density at radius 3 is 3.15 bits per heavy atom. The van der Waals surface area contributed by atoms with Gasteiger partial charge < -0.3 is 0 Å². The van der Waals surface area contributed by atoms with Gasteiger partial charge in [0.05, 0.1) is 11.9 Å². The molecule has 4 nitrogen and oxygen atoms in total. The Morgan fingerprint density at radius 1 is 1.38 bits per heavy atom. The number of carbonyl (C=O) groups is 1. The van der Waals surface area contributed by atoms with Crippen LogP contribution in [0.3, 0.4) is 0 Å². The van der Waals surface area contributed by atoms with Gasteiger partial charge in [0.1, 0.15) is 6.29 Å². The van der Waals surface area contributed by atoms with Crippen LogP contribution in [0.4, 0.5) is 0 Å². The lowest BCUT2D eigenvalue weighted by Gasteiger charge is -1.92. The number of allylic oxidation sites excluding steroid dienone is 1. The van der Waals surface area contributed by atoms with E-state index in [0.29, 0.717) is 5.78 Å². The number of imidazole rings is 1. The first kappa shape index (κ1) is 7.67. The van der Waals surface area contributed by atoms with E-state index >= 15 is 0 Å². The highest BCUT2D eigenvalue weighted by atomic mass is 16.1. The summed E-state index contributed by atoms with van der Waals surface area (Å²) in [6.07, 6.45) is 9.04. The SMILES string of the molecule is O=C/C=C/c1cnc2ncccn12. The molecule has 0 N–H and O–H groups in total. The molecule has 2 aromatic rings. The first-order chi connectivity index (χ1) is 6.42. The summed E-state index contributed by atoms with van der Waals surface area (Å²) in [6.45, 7) is 0. The van der Waals surface area contributed by atoms with Gasteiger partial charge in [-0.25, -0.2) is 9.97 Å². The number of fused-ring (bicyclic) bond motifs is 1. The van der Waals surface area contributed by atoms with E-state index in [2.05, 4.69) is 9.97 Å². The highest BCUT2D eigenvalue weighted by Gasteiger charge is 1.97. The van der Waals surface area contributed by atoms with Gasteiger partial charge in [0.2, 0.25) is 5.78 Å². The fraction of sp³-hybridized carbons (Fsp3) is 0. The molecule has 0 aromatic carbocycles. The maximum absolute atomic E-state index is 10.1. The zero-order valence-electron chi connectivity index (χ0n) is 6.79. The number of hydrogen-bond acceptors (Lipinski definition) is 3. The van der Waals surface area contributed by atoms with Crippen LogP contribution in [0.15, 0.2) is 30.7 Å². The molecule has 2 rings (SSSR count). The Bertz CT molecular complexity index is 459. The molecule has 0 amide bonds. The van der Waals surface area contributed by atoms with E-state index in [-0.39, 0.29) is 0 Å². The molecule has 0 aliphatic heterocycles. The molecule has 0 radical (unpaired) electrons. The number of hydrogen-bond donors (Lipinski definition) is 0. The van der Waals surface area contributed by atoms with Gasteiger partial charge in [0, 0.05) is 12.4 Å². The van der Waals surface area contributed by atoms with Crippen molar-refractivity contribution in [3.63, 3.8) is 0 Å². The van der Waals surface area contributed by atoms with Crippen molar-refractivity contribution in [2.24, 2.45) is 0 Å². The van der Waals surface area contributed by atoms with Gasteiger partial charge in [-0.1, -0.05) is 0 Å². The van der Waals surface area contributed by atoms with Gasteiger partial charge in [-0.2, -0.15) is 0 Å². The number of aldehydes is 1. The van der Waals surface area contributed by atoms with Crippen molar-refractivity contribution in [3.8, 4) is 0 Å². The summed E-state index contributed by atoms with van der Waals surface area (Å²) in [7, 11) is 0. The largest absolute Gasteiger partial charge is 0.299 e. The third-order valence-electron chi connectivity index (χ3n) is 1.66. The van der Waals surface area contributed by atoms with Crippen molar-refractivity contribution in [2.45, 2.75) is 0 Å². The number of nitrogens with zero attached hydrogens (tertiary/aromatic N) is 3. The molecule has 0 bridgehead atoms. The van der Waals surface area contributed by atoms with Crippen molar-refractivity contribution in [2.75, 3.05) is 0 Å². The third kappa shape index (κ3) is 1.33. The molecular weight excluding hydrogens is 166 g/mol. The Hall–Kier alpha value is -1.97. The smallest absolute Gasteiger partial charge is 0.234 e. The van der Waals surface area contributed by atoms with E-state index < -0.39 is 0 Å².